The van der Waals surface area contributed by atoms with Gasteiger partial charge in [-0.2, -0.15) is 0 Å². The molecule has 3 heterocycles. The molecule has 0 unspecified atom stereocenters. The third kappa shape index (κ3) is 7.14. The number of pyridine rings is 1. The van der Waals surface area contributed by atoms with E-state index in [2.05, 4.69) is 27.3 Å². The van der Waals surface area contributed by atoms with Gasteiger partial charge in [0.05, 0.1) is 11.3 Å². The number of amides is 2. The maximum atomic E-state index is 13.2. The number of carbonyl (C=O) groups excluding carboxylic acids is 1. The van der Waals surface area contributed by atoms with Gasteiger partial charge in [-0.1, -0.05) is 41.9 Å². The molecule has 5 rings (SSSR count). The van der Waals surface area contributed by atoms with Crippen molar-refractivity contribution in [3.05, 3.63) is 99.8 Å². The summed E-state index contributed by atoms with van der Waals surface area (Å²) in [6.07, 6.45) is 5.83. The van der Waals surface area contributed by atoms with Crippen LogP contribution in [0.5, 0.6) is 5.75 Å². The molecule has 42 heavy (non-hydrogen) atoms. The molecular formula is C34H41ClN4O3. The summed E-state index contributed by atoms with van der Waals surface area (Å²) >= 11 is 6.10. The minimum absolute atomic E-state index is 0.0318. The lowest BCUT2D eigenvalue weighted by molar-refractivity contribution is 0.0785. The summed E-state index contributed by atoms with van der Waals surface area (Å²) in [6.45, 7) is 11.1. The quantitative estimate of drug-likeness (QED) is 0.320. The normalized spacial score (nSPS) is 17.9. The highest BCUT2D eigenvalue weighted by Crippen LogP contribution is 2.38. The van der Waals surface area contributed by atoms with E-state index in [0.29, 0.717) is 18.2 Å². The van der Waals surface area contributed by atoms with Crippen molar-refractivity contribution in [2.45, 2.75) is 71.4 Å². The molecule has 0 spiro atoms. The molecule has 0 bridgehead atoms. The molecular weight excluding hydrogens is 548 g/mol. The molecule has 1 saturated heterocycles. The number of hydrogen-bond donors (Lipinski definition) is 2. The summed E-state index contributed by atoms with van der Waals surface area (Å²) in [6, 6.07) is 17.8. The molecule has 2 aliphatic heterocycles. The number of nitrogens with one attached hydrogen (secondary N) is 1. The number of fused-ring (bicyclic) bond motifs is 2. The first-order valence-corrected chi connectivity index (χ1v) is 15.1. The average molecular weight is 589 g/mol. The Hall–Kier alpha value is -3.39. The minimum atomic E-state index is -0.964. The fraction of sp³-hybridized carbons (Fsp3) is 0.412. The first kappa shape index (κ1) is 30.1. The summed E-state index contributed by atoms with van der Waals surface area (Å²) in [5.74, 6) is 0.794. The van der Waals surface area contributed by atoms with Gasteiger partial charge in [-0.15, -0.1) is 0 Å². The number of urea groups is 1. The van der Waals surface area contributed by atoms with Gasteiger partial charge in [-0.3, -0.25) is 4.98 Å². The fourth-order valence-corrected chi connectivity index (χ4v) is 5.83. The van der Waals surface area contributed by atoms with E-state index in [9.17, 15) is 9.90 Å². The second kappa shape index (κ2) is 12.9. The Labute approximate surface area is 254 Å². The van der Waals surface area contributed by atoms with Crippen molar-refractivity contribution >= 4 is 23.2 Å². The Morgan fingerprint density at radius 2 is 2.00 bits per heavy atom. The van der Waals surface area contributed by atoms with Crippen LogP contribution in [0.3, 0.4) is 0 Å². The minimum Gasteiger partial charge on any atom is -0.487 e. The number of aromatic nitrogens is 1. The van der Waals surface area contributed by atoms with Gasteiger partial charge >= 0.3 is 6.03 Å². The molecule has 1 atom stereocenters. The number of benzene rings is 2. The molecule has 2 aromatic carbocycles. The van der Waals surface area contributed by atoms with E-state index in [0.717, 1.165) is 71.7 Å². The van der Waals surface area contributed by atoms with Crippen molar-refractivity contribution in [1.29, 1.82) is 0 Å². The molecule has 3 aromatic rings. The smallest absolute Gasteiger partial charge is 0.318 e. The van der Waals surface area contributed by atoms with Crippen LogP contribution in [-0.2, 0) is 18.8 Å². The lowest BCUT2D eigenvalue weighted by Gasteiger charge is -2.30. The Kier molecular flexibility index (Phi) is 9.21. The zero-order valence-electron chi connectivity index (χ0n) is 24.9. The number of carbonyl (C=O) groups is 1. The maximum Gasteiger partial charge on any atom is 0.318 e. The van der Waals surface area contributed by atoms with Crippen LogP contribution in [-0.4, -0.2) is 57.6 Å². The van der Waals surface area contributed by atoms with Crippen molar-refractivity contribution in [3.63, 3.8) is 0 Å². The van der Waals surface area contributed by atoms with Crippen molar-refractivity contribution in [2.24, 2.45) is 0 Å². The molecule has 2 aliphatic rings. The van der Waals surface area contributed by atoms with Crippen LogP contribution in [0.2, 0.25) is 5.02 Å². The molecule has 1 aromatic heterocycles. The molecule has 2 N–H and O–H groups in total. The number of aliphatic hydroxyl groups is 1. The average Bonchev–Trinajstić information content (AvgIpc) is 3.35. The van der Waals surface area contributed by atoms with Gasteiger partial charge < -0.3 is 25.0 Å². The standard InChI is InChI=1S/C34H41ClN4O3/c1-23(2)37-33(40)39(20-24-9-12-26(35)13-10-24)27-15-18-38(21-27)17-6-8-28-29-7-5-16-36-31(29)22-42-32-14-11-25(19-30(28)32)34(3,4)41/h5,7-14,16,19,23,27,41H,6,15,17-18,20-22H2,1-4H3,(H,37,40)/b28-8+/t27-/m0/s1. The summed E-state index contributed by atoms with van der Waals surface area (Å²) in [5.41, 5.74) is 4.95. The van der Waals surface area contributed by atoms with Crippen LogP contribution in [0.1, 0.15) is 68.5 Å². The predicted molar refractivity (Wildman–Crippen MR) is 167 cm³/mol. The van der Waals surface area contributed by atoms with Crippen LogP contribution in [0.4, 0.5) is 4.79 Å². The highest BCUT2D eigenvalue weighted by atomic mass is 35.5. The SMILES string of the molecule is CC(C)NC(=O)N(Cc1ccc(Cl)cc1)[C@H]1CCN(CC/C=C2/c3cc(C(C)(C)O)ccc3OCc3ncccc32)C1. The van der Waals surface area contributed by atoms with Gasteiger partial charge in [0.2, 0.25) is 0 Å². The van der Waals surface area contributed by atoms with Crippen molar-refractivity contribution in [1.82, 2.24) is 20.1 Å². The molecule has 7 nitrogen and oxygen atoms in total. The summed E-state index contributed by atoms with van der Waals surface area (Å²) in [7, 11) is 0. The summed E-state index contributed by atoms with van der Waals surface area (Å²) in [5, 5.41) is 14.5. The number of halogens is 1. The van der Waals surface area contributed by atoms with Gasteiger partial charge in [-0.25, -0.2) is 4.79 Å². The predicted octanol–water partition coefficient (Wildman–Crippen LogP) is 6.37. The van der Waals surface area contributed by atoms with E-state index in [-0.39, 0.29) is 18.1 Å². The van der Waals surface area contributed by atoms with E-state index < -0.39 is 5.60 Å². The second-order valence-corrected chi connectivity index (χ2v) is 12.5. The zero-order chi connectivity index (χ0) is 29.9. The van der Waals surface area contributed by atoms with Gasteiger partial charge in [0.15, 0.2) is 0 Å². The van der Waals surface area contributed by atoms with Crippen LogP contribution in [0, 0.1) is 0 Å². The molecule has 222 valence electrons. The van der Waals surface area contributed by atoms with Crippen LogP contribution >= 0.6 is 11.6 Å². The third-order valence-electron chi connectivity index (χ3n) is 7.94. The second-order valence-electron chi connectivity index (χ2n) is 12.1. The third-order valence-corrected chi connectivity index (χ3v) is 8.19. The van der Waals surface area contributed by atoms with Gasteiger partial charge in [0, 0.05) is 60.6 Å². The van der Waals surface area contributed by atoms with E-state index in [4.69, 9.17) is 16.3 Å². The molecule has 8 heteroatoms. The van der Waals surface area contributed by atoms with E-state index in [1.165, 1.54) is 0 Å². The Balaban J connectivity index is 1.33. The number of nitrogens with zero attached hydrogens (tertiary/aromatic N) is 3. The highest BCUT2D eigenvalue weighted by molar-refractivity contribution is 6.30. The van der Waals surface area contributed by atoms with Crippen LogP contribution in [0.25, 0.3) is 5.57 Å². The molecule has 0 radical (unpaired) electrons. The van der Waals surface area contributed by atoms with Gasteiger partial charge in [0.25, 0.3) is 0 Å². The van der Waals surface area contributed by atoms with E-state index >= 15 is 0 Å². The maximum absolute atomic E-state index is 13.2. The van der Waals surface area contributed by atoms with Gasteiger partial charge in [-0.05, 0) is 87.6 Å². The van der Waals surface area contributed by atoms with E-state index in [1.807, 2.05) is 67.3 Å². The Bertz CT molecular complexity index is 1430. The summed E-state index contributed by atoms with van der Waals surface area (Å²) in [4.78, 5) is 22.2. The first-order chi connectivity index (χ1) is 20.1. The van der Waals surface area contributed by atoms with Crippen LogP contribution < -0.4 is 10.1 Å². The number of likely N-dealkylation sites (tertiary alicyclic amines) is 1. The van der Waals surface area contributed by atoms with Crippen molar-refractivity contribution < 1.29 is 14.6 Å². The Morgan fingerprint density at radius 1 is 1.21 bits per heavy atom. The lowest BCUT2D eigenvalue weighted by Crippen LogP contribution is -2.48. The topological polar surface area (TPSA) is 77.9 Å². The fourth-order valence-electron chi connectivity index (χ4n) is 5.70. The molecule has 0 aliphatic carbocycles. The van der Waals surface area contributed by atoms with Gasteiger partial charge in [0.1, 0.15) is 12.4 Å². The number of rotatable bonds is 8. The largest absolute Gasteiger partial charge is 0.487 e. The summed E-state index contributed by atoms with van der Waals surface area (Å²) < 4.78 is 6.15. The molecule has 1 fully saturated rings. The highest BCUT2D eigenvalue weighted by Gasteiger charge is 2.31. The molecule has 0 saturated carbocycles. The Morgan fingerprint density at radius 3 is 2.74 bits per heavy atom. The lowest BCUT2D eigenvalue weighted by atomic mass is 9.90. The number of hydrogen-bond acceptors (Lipinski definition) is 5. The zero-order valence-corrected chi connectivity index (χ0v) is 25.7. The van der Waals surface area contributed by atoms with E-state index in [1.54, 1.807) is 20.0 Å². The van der Waals surface area contributed by atoms with Crippen molar-refractivity contribution in [2.75, 3.05) is 19.6 Å². The van der Waals surface area contributed by atoms with Crippen LogP contribution in [0.15, 0.2) is 66.9 Å². The monoisotopic (exact) mass is 588 g/mol. The molecule has 2 amide bonds. The number of ether oxygens (including phenoxy) is 1. The van der Waals surface area contributed by atoms with Crippen molar-refractivity contribution in [3.8, 4) is 5.75 Å². The first-order valence-electron chi connectivity index (χ1n) is 14.8.